The summed E-state index contributed by atoms with van der Waals surface area (Å²) in [7, 11) is 0. The van der Waals surface area contributed by atoms with E-state index < -0.39 is 0 Å². The third-order valence-corrected chi connectivity index (χ3v) is 6.53. The Labute approximate surface area is 235 Å². The molecule has 0 saturated carbocycles. The molecule has 0 atom stereocenters. The van der Waals surface area contributed by atoms with E-state index in [9.17, 15) is 9.59 Å². The smallest absolute Gasteiger partial charge is 0.269 e. The Morgan fingerprint density at radius 1 is 0.692 bits per heavy atom. The van der Waals surface area contributed by atoms with E-state index in [1.54, 1.807) is 30.4 Å². The highest BCUT2D eigenvalue weighted by Gasteiger charge is 2.07. The summed E-state index contributed by atoms with van der Waals surface area (Å²) in [5.41, 5.74) is 6.39. The Kier molecular flexibility index (Phi) is 13.3. The molecule has 1 heterocycles. The van der Waals surface area contributed by atoms with Crippen molar-refractivity contribution in [2.24, 2.45) is 0 Å². The van der Waals surface area contributed by atoms with Gasteiger partial charge >= 0.3 is 0 Å². The second-order valence-electron chi connectivity index (χ2n) is 7.83. The third-order valence-electron chi connectivity index (χ3n) is 5.41. The average molecular weight is 543 g/mol. The van der Waals surface area contributed by atoms with Gasteiger partial charge in [0.15, 0.2) is 0 Å². The predicted octanol–water partition coefficient (Wildman–Crippen LogP) is 7.98. The quantitative estimate of drug-likeness (QED) is 0.226. The molecule has 0 bridgehead atoms. The second-order valence-corrected chi connectivity index (χ2v) is 8.90. The minimum atomic E-state index is -0.317. The molecule has 204 valence electrons. The molecule has 0 unspecified atom stereocenters. The number of nitrogens with zero attached hydrogens (tertiary/aromatic N) is 2. The van der Waals surface area contributed by atoms with Gasteiger partial charge in [0.1, 0.15) is 10.0 Å². The van der Waals surface area contributed by atoms with E-state index in [0.717, 1.165) is 32.8 Å². The van der Waals surface area contributed by atoms with Crippen LogP contribution in [0.25, 0.3) is 32.1 Å². The van der Waals surface area contributed by atoms with Crippen molar-refractivity contribution in [3.8, 4) is 10.6 Å². The van der Waals surface area contributed by atoms with Crippen LogP contribution in [0.5, 0.6) is 0 Å². The monoisotopic (exact) mass is 542 g/mol. The van der Waals surface area contributed by atoms with Gasteiger partial charge in [-0.3, -0.25) is 20.4 Å². The van der Waals surface area contributed by atoms with Crippen molar-refractivity contribution in [1.29, 1.82) is 0 Å². The Bertz CT molecular complexity index is 1480. The van der Waals surface area contributed by atoms with E-state index in [-0.39, 0.29) is 11.8 Å². The standard InChI is InChI=1S/C14H14N2O2.C14H12N2S.2C2H6/c1-2-13(17)15-16-14(18)12-8-7-10-5-3-4-6-11(10)9-12;1-2-13-15-16-14(17-13)12-8-7-10-5-3-4-6-11(10)9-12;2*1-2/h3-9H,2H2,1H3,(H,15,17)(H,16,18);3-9H,2H2,1H3;2*1-2H3. The number of hydrazine groups is 1. The Balaban J connectivity index is 0.000000243. The van der Waals surface area contributed by atoms with Crippen LogP contribution in [0, 0.1) is 0 Å². The van der Waals surface area contributed by atoms with Crippen LogP contribution in [-0.4, -0.2) is 22.0 Å². The molecule has 2 N–H and O–H groups in total. The van der Waals surface area contributed by atoms with Crippen molar-refractivity contribution in [3.05, 3.63) is 95.5 Å². The highest BCUT2D eigenvalue weighted by molar-refractivity contribution is 7.14. The minimum absolute atomic E-state index is 0.218. The third kappa shape index (κ3) is 9.00. The van der Waals surface area contributed by atoms with Crippen LogP contribution in [0.1, 0.15) is 63.3 Å². The molecular weight excluding hydrogens is 504 g/mol. The van der Waals surface area contributed by atoms with Crippen LogP contribution in [-0.2, 0) is 11.2 Å². The zero-order valence-electron chi connectivity index (χ0n) is 23.6. The van der Waals surface area contributed by atoms with E-state index in [2.05, 4.69) is 70.4 Å². The Morgan fingerprint density at radius 2 is 1.26 bits per heavy atom. The normalized spacial score (nSPS) is 9.69. The van der Waals surface area contributed by atoms with Crippen LogP contribution >= 0.6 is 11.3 Å². The van der Waals surface area contributed by atoms with Gasteiger partial charge < -0.3 is 0 Å². The molecule has 2 amide bonds. The summed E-state index contributed by atoms with van der Waals surface area (Å²) in [6.45, 7) is 11.8. The van der Waals surface area contributed by atoms with Gasteiger partial charge in [-0.1, -0.05) is 120 Å². The number of nitrogens with one attached hydrogen (secondary N) is 2. The lowest BCUT2D eigenvalue weighted by atomic mass is 10.1. The number of carbonyl (C=O) groups is 2. The van der Waals surface area contributed by atoms with Gasteiger partial charge in [0.05, 0.1) is 0 Å². The molecule has 1 aromatic heterocycles. The van der Waals surface area contributed by atoms with E-state index in [0.29, 0.717) is 12.0 Å². The molecule has 0 aliphatic carbocycles. The maximum atomic E-state index is 11.8. The van der Waals surface area contributed by atoms with Crippen molar-refractivity contribution >= 4 is 44.7 Å². The SMILES string of the molecule is CC.CC.CCC(=O)NNC(=O)c1ccc2ccccc2c1.CCc1nnc(-c2ccc3ccccc3c2)s1. The van der Waals surface area contributed by atoms with Gasteiger partial charge in [0, 0.05) is 17.5 Å². The van der Waals surface area contributed by atoms with Gasteiger partial charge in [-0.2, -0.15) is 0 Å². The maximum absolute atomic E-state index is 11.8. The van der Waals surface area contributed by atoms with Gasteiger partial charge in [-0.05, 0) is 46.2 Å². The molecule has 0 aliphatic rings. The van der Waals surface area contributed by atoms with Crippen molar-refractivity contribution in [2.75, 3.05) is 0 Å². The number of benzene rings is 4. The molecule has 4 aromatic carbocycles. The first kappa shape index (κ1) is 31.1. The summed E-state index contributed by atoms with van der Waals surface area (Å²) in [5.74, 6) is -0.535. The Morgan fingerprint density at radius 3 is 1.82 bits per heavy atom. The molecule has 0 spiro atoms. The van der Waals surface area contributed by atoms with E-state index >= 15 is 0 Å². The fraction of sp³-hybridized carbons (Fsp3) is 0.250. The van der Waals surface area contributed by atoms with Crippen LogP contribution < -0.4 is 10.9 Å². The number of carbonyl (C=O) groups excluding carboxylic acids is 2. The van der Waals surface area contributed by atoms with Crippen LogP contribution in [0.2, 0.25) is 0 Å². The Hall–Kier alpha value is -4.10. The van der Waals surface area contributed by atoms with Crippen LogP contribution in [0.3, 0.4) is 0 Å². The molecule has 5 aromatic rings. The zero-order chi connectivity index (χ0) is 28.6. The number of rotatable bonds is 4. The molecule has 5 rings (SSSR count). The number of hydrogen-bond donors (Lipinski definition) is 2. The van der Waals surface area contributed by atoms with Gasteiger partial charge in [0.2, 0.25) is 5.91 Å². The van der Waals surface area contributed by atoms with Crippen molar-refractivity contribution in [1.82, 2.24) is 21.0 Å². The molecule has 0 aliphatic heterocycles. The first-order chi connectivity index (χ1) is 19.1. The number of aromatic nitrogens is 2. The number of amides is 2. The molecule has 0 saturated heterocycles. The van der Waals surface area contributed by atoms with Crippen LogP contribution in [0.4, 0.5) is 0 Å². The summed E-state index contributed by atoms with van der Waals surface area (Å²) in [6, 6.07) is 28.0. The number of hydrogen-bond acceptors (Lipinski definition) is 5. The van der Waals surface area contributed by atoms with Gasteiger partial charge in [-0.15, -0.1) is 10.2 Å². The van der Waals surface area contributed by atoms with E-state index in [1.807, 2.05) is 58.0 Å². The fourth-order valence-corrected chi connectivity index (χ4v) is 4.23. The number of fused-ring (bicyclic) bond motifs is 2. The summed E-state index contributed by atoms with van der Waals surface area (Å²) >= 11 is 1.67. The zero-order valence-corrected chi connectivity index (χ0v) is 24.4. The summed E-state index contributed by atoms with van der Waals surface area (Å²) in [6.07, 6.45) is 1.28. The molecular formula is C32H38N4O2S. The van der Waals surface area contributed by atoms with Gasteiger partial charge in [0.25, 0.3) is 5.91 Å². The predicted molar refractivity (Wildman–Crippen MR) is 165 cm³/mol. The van der Waals surface area contributed by atoms with Crippen LogP contribution in [0.15, 0.2) is 84.9 Å². The van der Waals surface area contributed by atoms with E-state index in [1.165, 1.54) is 10.8 Å². The van der Waals surface area contributed by atoms with Crippen molar-refractivity contribution < 1.29 is 9.59 Å². The van der Waals surface area contributed by atoms with E-state index in [4.69, 9.17) is 0 Å². The minimum Gasteiger partial charge on any atom is -0.273 e. The largest absolute Gasteiger partial charge is 0.273 e. The highest BCUT2D eigenvalue weighted by atomic mass is 32.1. The second kappa shape index (κ2) is 16.7. The first-order valence-corrected chi connectivity index (χ1v) is 14.3. The van der Waals surface area contributed by atoms with Gasteiger partial charge in [-0.25, -0.2) is 0 Å². The molecule has 0 fully saturated rings. The lowest BCUT2D eigenvalue weighted by Gasteiger charge is -2.06. The average Bonchev–Trinajstić information content (AvgIpc) is 3.51. The lowest BCUT2D eigenvalue weighted by Crippen LogP contribution is -2.41. The molecule has 0 radical (unpaired) electrons. The summed E-state index contributed by atoms with van der Waals surface area (Å²) < 4.78 is 0. The first-order valence-electron chi connectivity index (χ1n) is 13.5. The highest BCUT2D eigenvalue weighted by Crippen LogP contribution is 2.27. The van der Waals surface area contributed by atoms with Crippen molar-refractivity contribution in [2.45, 2.75) is 54.4 Å². The summed E-state index contributed by atoms with van der Waals surface area (Å²) in [4.78, 5) is 22.8. The molecule has 39 heavy (non-hydrogen) atoms. The fourth-order valence-electron chi connectivity index (χ4n) is 3.45. The topological polar surface area (TPSA) is 84.0 Å². The number of aryl methyl sites for hydroxylation is 1. The summed E-state index contributed by atoms with van der Waals surface area (Å²) in [5, 5.41) is 15.1. The lowest BCUT2D eigenvalue weighted by molar-refractivity contribution is -0.121. The van der Waals surface area contributed by atoms with Crippen molar-refractivity contribution in [3.63, 3.8) is 0 Å². The molecule has 7 heteroatoms. The maximum Gasteiger partial charge on any atom is 0.269 e. The molecule has 6 nitrogen and oxygen atoms in total.